The number of hydrogen-bond acceptors (Lipinski definition) is 3. The Morgan fingerprint density at radius 1 is 1.00 bits per heavy atom. The molecule has 0 saturated carbocycles. The van der Waals surface area contributed by atoms with E-state index in [2.05, 4.69) is 52.1 Å². The van der Waals surface area contributed by atoms with Gasteiger partial charge in [0.05, 0.1) is 6.61 Å². The number of ether oxygens (including phenoxy) is 1. The van der Waals surface area contributed by atoms with Crippen LogP contribution in [0.3, 0.4) is 0 Å². The number of fused-ring (bicyclic) bond motifs is 2. The quantitative estimate of drug-likeness (QED) is 0.672. The molecule has 0 atom stereocenters. The van der Waals surface area contributed by atoms with Crippen molar-refractivity contribution in [2.75, 3.05) is 32.8 Å². The van der Waals surface area contributed by atoms with Gasteiger partial charge in [0.2, 0.25) is 5.91 Å². The fourth-order valence-electron chi connectivity index (χ4n) is 4.46. The van der Waals surface area contributed by atoms with Crippen molar-refractivity contribution in [3.8, 4) is 5.75 Å². The number of rotatable bonds is 5. The maximum absolute atomic E-state index is 12.7. The highest BCUT2D eigenvalue weighted by Crippen LogP contribution is 2.26. The van der Waals surface area contributed by atoms with E-state index >= 15 is 0 Å². The number of aromatic nitrogens is 1. The summed E-state index contributed by atoms with van der Waals surface area (Å²) in [5, 5.41) is 1.23. The number of para-hydroxylation sites is 1. The molecule has 0 bridgehead atoms. The molecule has 5 rings (SSSR count). The molecule has 0 N–H and O–H groups in total. The molecular formula is C24H27N3O2. The number of aryl methyl sites for hydroxylation is 1. The summed E-state index contributed by atoms with van der Waals surface area (Å²) in [5.41, 5.74) is 3.87. The summed E-state index contributed by atoms with van der Waals surface area (Å²) < 4.78 is 7.78. The Morgan fingerprint density at radius 2 is 1.86 bits per heavy atom. The van der Waals surface area contributed by atoms with E-state index in [9.17, 15) is 4.79 Å². The molecule has 1 fully saturated rings. The van der Waals surface area contributed by atoms with Crippen LogP contribution >= 0.6 is 0 Å². The van der Waals surface area contributed by atoms with Crippen LogP contribution in [0.4, 0.5) is 0 Å². The minimum Gasteiger partial charge on any atom is -0.493 e. The van der Waals surface area contributed by atoms with Crippen molar-refractivity contribution in [3.63, 3.8) is 0 Å². The molecule has 1 saturated heterocycles. The number of amides is 1. The third-order valence-electron chi connectivity index (χ3n) is 6.13. The van der Waals surface area contributed by atoms with Gasteiger partial charge in [0.15, 0.2) is 0 Å². The van der Waals surface area contributed by atoms with Crippen LogP contribution in [0, 0.1) is 0 Å². The largest absolute Gasteiger partial charge is 0.493 e. The Morgan fingerprint density at radius 3 is 2.76 bits per heavy atom. The predicted molar refractivity (Wildman–Crippen MR) is 114 cm³/mol. The second-order valence-corrected chi connectivity index (χ2v) is 8.02. The molecule has 29 heavy (non-hydrogen) atoms. The first kappa shape index (κ1) is 18.3. The molecule has 2 aliphatic heterocycles. The average molecular weight is 389 g/mol. The van der Waals surface area contributed by atoms with Gasteiger partial charge in [-0.15, -0.1) is 0 Å². The normalized spacial score (nSPS) is 16.8. The van der Waals surface area contributed by atoms with Gasteiger partial charge in [0.1, 0.15) is 5.75 Å². The number of hydrogen-bond donors (Lipinski definition) is 0. The first-order valence-electron chi connectivity index (χ1n) is 10.5. The SMILES string of the molecule is O=C(CCn1ccc2ccccc21)N1CCN(Cc2ccc3c(c2)CCO3)CC1. The van der Waals surface area contributed by atoms with Crippen molar-refractivity contribution in [1.29, 1.82) is 0 Å². The zero-order chi connectivity index (χ0) is 19.6. The molecule has 0 radical (unpaired) electrons. The lowest BCUT2D eigenvalue weighted by Crippen LogP contribution is -2.48. The van der Waals surface area contributed by atoms with Gasteiger partial charge in [-0.25, -0.2) is 0 Å². The lowest BCUT2D eigenvalue weighted by molar-refractivity contribution is -0.133. The fraction of sp³-hybridized carbons (Fsp3) is 0.375. The molecule has 3 aromatic rings. The van der Waals surface area contributed by atoms with Gasteiger partial charge in [-0.3, -0.25) is 9.69 Å². The van der Waals surface area contributed by atoms with E-state index < -0.39 is 0 Å². The Hall–Kier alpha value is -2.79. The Labute approximate surface area is 171 Å². The molecule has 5 nitrogen and oxygen atoms in total. The molecule has 0 unspecified atom stereocenters. The maximum Gasteiger partial charge on any atom is 0.224 e. The van der Waals surface area contributed by atoms with Crippen LogP contribution in [0.5, 0.6) is 5.75 Å². The van der Waals surface area contributed by atoms with Crippen LogP contribution in [-0.2, 0) is 24.3 Å². The summed E-state index contributed by atoms with van der Waals surface area (Å²) in [6.45, 7) is 6.00. The molecule has 3 heterocycles. The van der Waals surface area contributed by atoms with E-state index in [1.807, 2.05) is 17.0 Å². The van der Waals surface area contributed by atoms with Crippen LogP contribution in [0.25, 0.3) is 10.9 Å². The van der Waals surface area contributed by atoms with Gasteiger partial charge in [0.25, 0.3) is 0 Å². The maximum atomic E-state index is 12.7. The second-order valence-electron chi connectivity index (χ2n) is 8.02. The van der Waals surface area contributed by atoms with Crippen molar-refractivity contribution < 1.29 is 9.53 Å². The second kappa shape index (κ2) is 7.91. The van der Waals surface area contributed by atoms with Gasteiger partial charge in [-0.2, -0.15) is 0 Å². The van der Waals surface area contributed by atoms with Gasteiger partial charge in [-0.1, -0.05) is 30.3 Å². The average Bonchev–Trinajstić information content (AvgIpc) is 3.39. The fourth-order valence-corrected chi connectivity index (χ4v) is 4.46. The van der Waals surface area contributed by atoms with E-state index in [-0.39, 0.29) is 5.91 Å². The third kappa shape index (κ3) is 3.87. The van der Waals surface area contributed by atoms with Gasteiger partial charge in [-0.05, 0) is 34.7 Å². The zero-order valence-electron chi connectivity index (χ0n) is 16.7. The molecule has 2 aliphatic rings. The van der Waals surface area contributed by atoms with Crippen molar-refractivity contribution in [3.05, 3.63) is 65.9 Å². The third-order valence-corrected chi connectivity index (χ3v) is 6.13. The monoisotopic (exact) mass is 389 g/mol. The summed E-state index contributed by atoms with van der Waals surface area (Å²) in [7, 11) is 0. The lowest BCUT2D eigenvalue weighted by Gasteiger charge is -2.35. The van der Waals surface area contributed by atoms with Crippen molar-refractivity contribution in [2.24, 2.45) is 0 Å². The molecule has 0 spiro atoms. The number of nitrogens with zero attached hydrogens (tertiary/aromatic N) is 3. The van der Waals surface area contributed by atoms with Crippen LogP contribution < -0.4 is 4.74 Å². The topological polar surface area (TPSA) is 37.7 Å². The highest BCUT2D eigenvalue weighted by molar-refractivity contribution is 5.80. The van der Waals surface area contributed by atoms with Crippen molar-refractivity contribution in [1.82, 2.24) is 14.4 Å². The first-order chi connectivity index (χ1) is 14.3. The minimum absolute atomic E-state index is 0.261. The molecule has 1 amide bonds. The number of carbonyl (C=O) groups is 1. The molecule has 150 valence electrons. The molecule has 2 aromatic carbocycles. The summed E-state index contributed by atoms with van der Waals surface area (Å²) in [5.74, 6) is 1.30. The van der Waals surface area contributed by atoms with E-state index in [1.165, 1.54) is 22.0 Å². The predicted octanol–water partition coefficient (Wildman–Crippen LogP) is 3.31. The molecule has 1 aromatic heterocycles. The molecule has 0 aliphatic carbocycles. The van der Waals surface area contributed by atoms with Crippen molar-refractivity contribution in [2.45, 2.75) is 25.9 Å². The van der Waals surface area contributed by atoms with Crippen LogP contribution in [0.1, 0.15) is 17.5 Å². The Balaban J connectivity index is 1.12. The van der Waals surface area contributed by atoms with E-state index in [0.29, 0.717) is 6.42 Å². The number of carbonyl (C=O) groups excluding carboxylic acids is 1. The highest BCUT2D eigenvalue weighted by Gasteiger charge is 2.21. The van der Waals surface area contributed by atoms with Crippen molar-refractivity contribution >= 4 is 16.8 Å². The number of benzene rings is 2. The van der Waals surface area contributed by atoms with E-state index in [0.717, 1.165) is 58.0 Å². The minimum atomic E-state index is 0.261. The standard InChI is InChI=1S/C24H27N3O2/c28-24(8-11-26-10-7-20-3-1-2-4-22(20)26)27-14-12-25(13-15-27)18-19-5-6-23-21(17-19)9-16-29-23/h1-7,10,17H,8-9,11-16,18H2. The van der Waals surface area contributed by atoms with Crippen LogP contribution in [0.2, 0.25) is 0 Å². The van der Waals surface area contributed by atoms with Crippen LogP contribution in [0.15, 0.2) is 54.7 Å². The zero-order valence-corrected chi connectivity index (χ0v) is 16.7. The van der Waals surface area contributed by atoms with Crippen LogP contribution in [-0.4, -0.2) is 53.1 Å². The highest BCUT2D eigenvalue weighted by atomic mass is 16.5. The number of piperazine rings is 1. The van der Waals surface area contributed by atoms with E-state index in [4.69, 9.17) is 4.74 Å². The first-order valence-corrected chi connectivity index (χ1v) is 10.5. The van der Waals surface area contributed by atoms with Gasteiger partial charge in [0, 0.05) is 63.8 Å². The Kier molecular flexibility index (Phi) is 4.98. The van der Waals surface area contributed by atoms with Gasteiger partial charge < -0.3 is 14.2 Å². The molecular weight excluding hydrogens is 362 g/mol. The summed E-state index contributed by atoms with van der Waals surface area (Å²) in [6, 6.07) is 17.0. The van der Waals surface area contributed by atoms with Gasteiger partial charge >= 0.3 is 0 Å². The van der Waals surface area contributed by atoms with E-state index in [1.54, 1.807) is 0 Å². The summed E-state index contributed by atoms with van der Waals surface area (Å²) in [6.07, 6.45) is 3.66. The molecule has 5 heteroatoms. The lowest BCUT2D eigenvalue weighted by atomic mass is 10.1. The summed E-state index contributed by atoms with van der Waals surface area (Å²) in [4.78, 5) is 17.2. The Bertz CT molecular complexity index is 1020. The summed E-state index contributed by atoms with van der Waals surface area (Å²) >= 11 is 0. The smallest absolute Gasteiger partial charge is 0.224 e.